The molecule has 0 spiro atoms. The maximum absolute atomic E-state index is 12.2. The summed E-state index contributed by atoms with van der Waals surface area (Å²) in [4.78, 5) is 19.1. The Morgan fingerprint density at radius 2 is 1.95 bits per heavy atom. The zero-order valence-electron chi connectivity index (χ0n) is 14.0. The first-order valence-electron chi connectivity index (χ1n) is 8.40. The molecule has 2 aliphatic rings. The molecule has 128 valence electrons. The average Bonchev–Trinajstić information content (AvgIpc) is 2.72. The maximum Gasteiger partial charge on any atom is 0.232 e. The van der Waals surface area contributed by atoms with Gasteiger partial charge in [0.25, 0.3) is 0 Å². The van der Waals surface area contributed by atoms with Gasteiger partial charge in [0.1, 0.15) is 0 Å². The number of nitrogens with zero attached hydrogens (tertiary/aromatic N) is 3. The lowest BCUT2D eigenvalue weighted by Crippen LogP contribution is -2.48. The van der Waals surface area contributed by atoms with Crippen molar-refractivity contribution in [1.29, 1.82) is 0 Å². The fourth-order valence-corrected chi connectivity index (χ4v) is 4.08. The minimum atomic E-state index is 0.197. The van der Waals surface area contributed by atoms with Gasteiger partial charge in [0.05, 0.1) is 5.75 Å². The van der Waals surface area contributed by atoms with E-state index in [1.54, 1.807) is 11.8 Å². The number of thioether (sulfide) groups is 1. The first kappa shape index (κ1) is 18.0. The van der Waals surface area contributed by atoms with Crippen LogP contribution < -0.4 is 0 Å². The molecule has 2 aliphatic heterocycles. The third-order valence-corrected chi connectivity index (χ3v) is 5.37. The minimum absolute atomic E-state index is 0.197. The van der Waals surface area contributed by atoms with Gasteiger partial charge >= 0.3 is 0 Å². The largest absolute Gasteiger partial charge is 0.396 e. The number of carbonyl (C=O) groups is 1. The van der Waals surface area contributed by atoms with Crippen LogP contribution in [0.3, 0.4) is 0 Å². The van der Waals surface area contributed by atoms with Crippen LogP contribution in [0.15, 0.2) is 0 Å². The molecule has 6 heteroatoms. The fourth-order valence-electron chi connectivity index (χ4n) is 3.65. The maximum atomic E-state index is 12.2. The van der Waals surface area contributed by atoms with Crippen LogP contribution in [0.2, 0.25) is 0 Å². The Labute approximate surface area is 139 Å². The van der Waals surface area contributed by atoms with Crippen LogP contribution in [0.4, 0.5) is 0 Å². The SMILES string of the molecule is CSCC(=O)N1C[C@H](CO)C[C@@H](CN2CCCN(C)CC2)C1. The molecule has 0 aromatic heterocycles. The van der Waals surface area contributed by atoms with Gasteiger partial charge in [-0.15, -0.1) is 0 Å². The van der Waals surface area contributed by atoms with E-state index >= 15 is 0 Å². The molecular formula is C16H31N3O2S. The Balaban J connectivity index is 1.89. The van der Waals surface area contributed by atoms with Crippen molar-refractivity contribution in [2.75, 3.05) is 71.5 Å². The second-order valence-corrected chi connectivity index (χ2v) is 7.71. The normalized spacial score (nSPS) is 28.6. The highest BCUT2D eigenvalue weighted by atomic mass is 32.2. The van der Waals surface area contributed by atoms with Crippen LogP contribution in [0.25, 0.3) is 0 Å². The Morgan fingerprint density at radius 3 is 2.68 bits per heavy atom. The molecule has 22 heavy (non-hydrogen) atoms. The first-order chi connectivity index (χ1) is 10.6. The highest BCUT2D eigenvalue weighted by Crippen LogP contribution is 2.23. The van der Waals surface area contributed by atoms with Crippen molar-refractivity contribution in [2.24, 2.45) is 11.8 Å². The van der Waals surface area contributed by atoms with Crippen LogP contribution in [0.1, 0.15) is 12.8 Å². The van der Waals surface area contributed by atoms with Crippen molar-refractivity contribution >= 4 is 17.7 Å². The Hall–Kier alpha value is -0.300. The smallest absolute Gasteiger partial charge is 0.232 e. The quantitative estimate of drug-likeness (QED) is 0.793. The van der Waals surface area contributed by atoms with E-state index in [2.05, 4.69) is 16.8 Å². The van der Waals surface area contributed by atoms with Gasteiger partial charge in [-0.2, -0.15) is 11.8 Å². The molecule has 0 aliphatic carbocycles. The van der Waals surface area contributed by atoms with Crippen molar-refractivity contribution in [1.82, 2.24) is 14.7 Å². The summed E-state index contributed by atoms with van der Waals surface area (Å²) in [6.45, 7) is 7.44. The van der Waals surface area contributed by atoms with Crippen molar-refractivity contribution in [3.8, 4) is 0 Å². The van der Waals surface area contributed by atoms with E-state index in [-0.39, 0.29) is 18.4 Å². The molecule has 0 aromatic carbocycles. The van der Waals surface area contributed by atoms with Gasteiger partial charge in [0.2, 0.25) is 5.91 Å². The van der Waals surface area contributed by atoms with Crippen molar-refractivity contribution in [3.63, 3.8) is 0 Å². The summed E-state index contributed by atoms with van der Waals surface area (Å²) in [5, 5.41) is 9.56. The number of aliphatic hydroxyl groups excluding tert-OH is 1. The lowest BCUT2D eigenvalue weighted by Gasteiger charge is -2.39. The van der Waals surface area contributed by atoms with Gasteiger partial charge < -0.3 is 19.8 Å². The summed E-state index contributed by atoms with van der Waals surface area (Å²) in [6.07, 6.45) is 4.24. The summed E-state index contributed by atoms with van der Waals surface area (Å²) in [7, 11) is 2.19. The number of piperidine rings is 1. The van der Waals surface area contributed by atoms with Crippen molar-refractivity contribution in [2.45, 2.75) is 12.8 Å². The molecule has 0 aromatic rings. The Morgan fingerprint density at radius 1 is 1.18 bits per heavy atom. The molecule has 0 bridgehead atoms. The number of amides is 1. The molecule has 1 N–H and O–H groups in total. The van der Waals surface area contributed by atoms with Gasteiger partial charge in [0, 0.05) is 39.3 Å². The van der Waals surface area contributed by atoms with Crippen molar-refractivity contribution in [3.05, 3.63) is 0 Å². The lowest BCUT2D eigenvalue weighted by atomic mass is 9.89. The number of carbonyl (C=O) groups excluding carboxylic acids is 1. The summed E-state index contributed by atoms with van der Waals surface area (Å²) < 4.78 is 0. The van der Waals surface area contributed by atoms with E-state index in [0.29, 0.717) is 11.7 Å². The highest BCUT2D eigenvalue weighted by molar-refractivity contribution is 7.99. The number of aliphatic hydroxyl groups is 1. The number of hydrogen-bond acceptors (Lipinski definition) is 5. The van der Waals surface area contributed by atoms with E-state index in [1.165, 1.54) is 13.0 Å². The van der Waals surface area contributed by atoms with E-state index < -0.39 is 0 Å². The van der Waals surface area contributed by atoms with Crippen molar-refractivity contribution < 1.29 is 9.90 Å². The van der Waals surface area contributed by atoms with Gasteiger partial charge in [-0.3, -0.25) is 4.79 Å². The average molecular weight is 330 g/mol. The predicted octanol–water partition coefficient (Wildman–Crippen LogP) is 0.444. The third kappa shape index (κ3) is 5.41. The monoisotopic (exact) mass is 329 g/mol. The van der Waals surface area contributed by atoms with E-state index in [9.17, 15) is 9.90 Å². The molecule has 0 unspecified atom stereocenters. The van der Waals surface area contributed by atoms with Crippen LogP contribution in [-0.4, -0.2) is 97.2 Å². The fraction of sp³-hybridized carbons (Fsp3) is 0.938. The summed E-state index contributed by atoms with van der Waals surface area (Å²) in [5.74, 6) is 1.53. The second-order valence-electron chi connectivity index (χ2n) is 6.84. The molecule has 2 fully saturated rings. The molecule has 0 saturated carbocycles. The minimum Gasteiger partial charge on any atom is -0.396 e. The summed E-state index contributed by atoms with van der Waals surface area (Å²) in [6, 6.07) is 0. The van der Waals surface area contributed by atoms with Crippen LogP contribution in [0, 0.1) is 11.8 Å². The molecule has 2 rings (SSSR count). The van der Waals surface area contributed by atoms with Crippen LogP contribution in [-0.2, 0) is 4.79 Å². The van der Waals surface area contributed by atoms with Gasteiger partial charge in [-0.05, 0) is 51.1 Å². The zero-order chi connectivity index (χ0) is 15.9. The van der Waals surface area contributed by atoms with Gasteiger partial charge in [-0.1, -0.05) is 0 Å². The lowest BCUT2D eigenvalue weighted by molar-refractivity contribution is -0.131. The number of likely N-dealkylation sites (tertiary alicyclic amines) is 1. The Kier molecular flexibility index (Phi) is 7.47. The molecule has 2 heterocycles. The predicted molar refractivity (Wildman–Crippen MR) is 92.2 cm³/mol. The van der Waals surface area contributed by atoms with E-state index in [4.69, 9.17) is 0 Å². The van der Waals surface area contributed by atoms with E-state index in [1.807, 2.05) is 11.2 Å². The van der Waals surface area contributed by atoms with Gasteiger partial charge in [-0.25, -0.2) is 0 Å². The van der Waals surface area contributed by atoms with Crippen LogP contribution >= 0.6 is 11.8 Å². The number of likely N-dealkylation sites (N-methyl/N-ethyl adjacent to an activating group) is 1. The third-order valence-electron chi connectivity index (χ3n) is 4.83. The molecule has 2 saturated heterocycles. The molecule has 0 radical (unpaired) electrons. The van der Waals surface area contributed by atoms with Gasteiger partial charge in [0.15, 0.2) is 0 Å². The number of rotatable bonds is 5. The summed E-state index contributed by atoms with van der Waals surface area (Å²) >= 11 is 1.58. The first-order valence-corrected chi connectivity index (χ1v) is 9.80. The number of hydrogen-bond donors (Lipinski definition) is 1. The zero-order valence-corrected chi connectivity index (χ0v) is 14.9. The van der Waals surface area contributed by atoms with E-state index in [0.717, 1.165) is 45.7 Å². The molecule has 2 atom stereocenters. The summed E-state index contributed by atoms with van der Waals surface area (Å²) in [5.41, 5.74) is 0. The highest BCUT2D eigenvalue weighted by Gasteiger charge is 2.30. The Bertz CT molecular complexity index is 356. The second kappa shape index (κ2) is 9.11. The standard InChI is InChI=1S/C16H31N3O2S/c1-17-4-3-5-18(7-6-17)9-14-8-15(12-20)11-19(10-14)16(21)13-22-2/h14-15,20H,3-13H2,1-2H3/t14-,15+/m0/s1. The van der Waals surface area contributed by atoms with Crippen LogP contribution in [0.5, 0.6) is 0 Å². The molecule has 5 nitrogen and oxygen atoms in total. The molecular weight excluding hydrogens is 298 g/mol. The topological polar surface area (TPSA) is 47.0 Å². The molecule has 1 amide bonds.